The zero-order valence-corrected chi connectivity index (χ0v) is 18.0. The van der Waals surface area contributed by atoms with Crippen LogP contribution in [0.2, 0.25) is 0 Å². The van der Waals surface area contributed by atoms with Crippen molar-refractivity contribution in [1.29, 1.82) is 0 Å². The lowest BCUT2D eigenvalue weighted by Crippen LogP contribution is -2.04. The minimum atomic E-state index is 0.500. The van der Waals surface area contributed by atoms with E-state index in [1.807, 2.05) is 42.6 Å². The first-order valence-electron chi connectivity index (χ1n) is 10.8. The molecule has 0 bridgehead atoms. The number of benzene rings is 3. The first kappa shape index (κ1) is 19.9. The normalized spacial score (nSPS) is 10.9. The van der Waals surface area contributed by atoms with E-state index < -0.39 is 0 Å². The highest BCUT2D eigenvalue weighted by atomic mass is 16.5. The van der Waals surface area contributed by atoms with Gasteiger partial charge in [-0.3, -0.25) is 4.40 Å². The minimum absolute atomic E-state index is 0.500. The minimum Gasteiger partial charge on any atom is -0.485 e. The Morgan fingerprint density at radius 1 is 0.781 bits per heavy atom. The monoisotopic (exact) mass is 419 g/mol. The molecule has 2 aromatic heterocycles. The number of aromatic nitrogens is 2. The van der Waals surface area contributed by atoms with Gasteiger partial charge in [0.25, 0.3) is 0 Å². The molecule has 0 saturated heterocycles. The smallest absolute Gasteiger partial charge is 0.181 e. The van der Waals surface area contributed by atoms with Crippen molar-refractivity contribution < 1.29 is 4.74 Å². The van der Waals surface area contributed by atoms with Crippen LogP contribution >= 0.6 is 0 Å². The molecule has 5 aromatic rings. The molecule has 158 valence electrons. The second-order valence-electron chi connectivity index (χ2n) is 7.85. The molecular weight excluding hydrogens is 394 g/mol. The standard InChI is InChI=1S/C28H25N3O/c1-21-14-16-24(17-15-21)26-28(29-19-22-9-4-2-5-10-22)31-18-8-13-25(27(31)30-26)32-20-23-11-6-3-7-12-23/h2-18,29H,19-20H2,1H3. The number of nitrogens with one attached hydrogen (secondary N) is 1. The first-order valence-corrected chi connectivity index (χ1v) is 10.8. The molecule has 0 aliphatic rings. The Kier molecular flexibility index (Phi) is 5.58. The van der Waals surface area contributed by atoms with Crippen LogP contribution in [0.25, 0.3) is 16.9 Å². The summed E-state index contributed by atoms with van der Waals surface area (Å²) < 4.78 is 8.26. The second kappa shape index (κ2) is 8.98. The molecule has 0 amide bonds. The molecule has 0 aliphatic carbocycles. The molecule has 0 spiro atoms. The quantitative estimate of drug-likeness (QED) is 0.327. The molecule has 0 aliphatic heterocycles. The highest BCUT2D eigenvalue weighted by molar-refractivity contribution is 5.78. The third-order valence-electron chi connectivity index (χ3n) is 5.48. The number of aryl methyl sites for hydroxylation is 1. The Morgan fingerprint density at radius 3 is 2.19 bits per heavy atom. The summed E-state index contributed by atoms with van der Waals surface area (Å²) in [6.07, 6.45) is 2.03. The van der Waals surface area contributed by atoms with E-state index in [4.69, 9.17) is 9.72 Å². The largest absolute Gasteiger partial charge is 0.485 e. The predicted molar refractivity (Wildman–Crippen MR) is 130 cm³/mol. The number of hydrogen-bond acceptors (Lipinski definition) is 3. The molecule has 0 saturated carbocycles. The summed E-state index contributed by atoms with van der Waals surface area (Å²) in [7, 11) is 0. The van der Waals surface area contributed by atoms with Crippen LogP contribution in [0.5, 0.6) is 5.75 Å². The Morgan fingerprint density at radius 2 is 1.47 bits per heavy atom. The third-order valence-corrected chi connectivity index (χ3v) is 5.48. The van der Waals surface area contributed by atoms with E-state index in [-0.39, 0.29) is 0 Å². The van der Waals surface area contributed by atoms with E-state index in [0.717, 1.165) is 34.0 Å². The summed E-state index contributed by atoms with van der Waals surface area (Å²) in [5.74, 6) is 1.72. The van der Waals surface area contributed by atoms with Crippen molar-refractivity contribution in [2.45, 2.75) is 20.1 Å². The summed E-state index contributed by atoms with van der Waals surface area (Å²) >= 11 is 0. The van der Waals surface area contributed by atoms with Gasteiger partial charge in [0.15, 0.2) is 11.4 Å². The van der Waals surface area contributed by atoms with Crippen LogP contribution in [-0.2, 0) is 13.2 Å². The molecule has 1 N–H and O–H groups in total. The number of hydrogen-bond donors (Lipinski definition) is 1. The van der Waals surface area contributed by atoms with Crippen molar-refractivity contribution in [2.75, 3.05) is 5.32 Å². The molecular formula is C28H25N3O. The van der Waals surface area contributed by atoms with Crippen molar-refractivity contribution in [3.63, 3.8) is 0 Å². The maximum Gasteiger partial charge on any atom is 0.181 e. The fourth-order valence-corrected chi connectivity index (χ4v) is 3.75. The number of fused-ring (bicyclic) bond motifs is 1. The molecule has 0 radical (unpaired) electrons. The fraction of sp³-hybridized carbons (Fsp3) is 0.107. The molecule has 4 nitrogen and oxygen atoms in total. The van der Waals surface area contributed by atoms with Gasteiger partial charge >= 0.3 is 0 Å². The lowest BCUT2D eigenvalue weighted by molar-refractivity contribution is 0.308. The zero-order valence-electron chi connectivity index (χ0n) is 18.0. The van der Waals surface area contributed by atoms with Crippen LogP contribution in [0.15, 0.2) is 103 Å². The molecule has 32 heavy (non-hydrogen) atoms. The van der Waals surface area contributed by atoms with Crippen LogP contribution in [0, 0.1) is 6.92 Å². The predicted octanol–water partition coefficient (Wildman–Crippen LogP) is 6.50. The van der Waals surface area contributed by atoms with Gasteiger partial charge in [-0.1, -0.05) is 90.5 Å². The van der Waals surface area contributed by atoms with Gasteiger partial charge in [0.2, 0.25) is 0 Å². The average Bonchev–Trinajstić information content (AvgIpc) is 3.22. The zero-order chi connectivity index (χ0) is 21.8. The van der Waals surface area contributed by atoms with Crippen molar-refractivity contribution in [3.8, 4) is 17.0 Å². The van der Waals surface area contributed by atoms with Gasteiger partial charge in [-0.15, -0.1) is 0 Å². The van der Waals surface area contributed by atoms with Gasteiger partial charge < -0.3 is 10.1 Å². The lowest BCUT2D eigenvalue weighted by atomic mass is 10.1. The summed E-state index contributed by atoms with van der Waals surface area (Å²) in [6.45, 7) is 3.31. The van der Waals surface area contributed by atoms with Gasteiger partial charge in [-0.25, -0.2) is 4.98 Å². The van der Waals surface area contributed by atoms with Crippen LogP contribution < -0.4 is 10.1 Å². The molecule has 2 heterocycles. The van der Waals surface area contributed by atoms with Crippen LogP contribution in [0.4, 0.5) is 5.82 Å². The van der Waals surface area contributed by atoms with Gasteiger partial charge in [-0.05, 0) is 30.2 Å². The number of ether oxygens (including phenoxy) is 1. The Labute approximate surface area is 188 Å². The van der Waals surface area contributed by atoms with E-state index in [2.05, 4.69) is 77.3 Å². The Hall–Kier alpha value is -4.05. The van der Waals surface area contributed by atoms with Crippen molar-refractivity contribution in [1.82, 2.24) is 9.38 Å². The SMILES string of the molecule is Cc1ccc(-c2nc3c(OCc4ccccc4)cccn3c2NCc2ccccc2)cc1. The molecule has 5 rings (SSSR count). The van der Waals surface area contributed by atoms with Crippen LogP contribution in [0.1, 0.15) is 16.7 Å². The fourth-order valence-electron chi connectivity index (χ4n) is 3.75. The van der Waals surface area contributed by atoms with Gasteiger partial charge in [0.1, 0.15) is 18.1 Å². The highest BCUT2D eigenvalue weighted by Crippen LogP contribution is 2.33. The molecule has 3 aromatic carbocycles. The third kappa shape index (κ3) is 4.21. The van der Waals surface area contributed by atoms with Crippen molar-refractivity contribution >= 4 is 11.5 Å². The highest BCUT2D eigenvalue weighted by Gasteiger charge is 2.17. The first-order chi connectivity index (χ1) is 15.8. The lowest BCUT2D eigenvalue weighted by Gasteiger charge is -2.10. The number of anilines is 1. The van der Waals surface area contributed by atoms with E-state index >= 15 is 0 Å². The van der Waals surface area contributed by atoms with Crippen LogP contribution in [0.3, 0.4) is 0 Å². The summed E-state index contributed by atoms with van der Waals surface area (Å²) in [4.78, 5) is 5.01. The van der Waals surface area contributed by atoms with E-state index in [0.29, 0.717) is 13.2 Å². The molecule has 0 atom stereocenters. The molecule has 0 unspecified atom stereocenters. The maximum absolute atomic E-state index is 6.18. The summed E-state index contributed by atoms with van der Waals surface area (Å²) in [5.41, 5.74) is 6.36. The van der Waals surface area contributed by atoms with Gasteiger partial charge in [-0.2, -0.15) is 0 Å². The van der Waals surface area contributed by atoms with Crippen molar-refractivity contribution in [2.24, 2.45) is 0 Å². The van der Waals surface area contributed by atoms with Gasteiger partial charge in [0.05, 0.1) is 0 Å². The van der Waals surface area contributed by atoms with Gasteiger partial charge in [0, 0.05) is 18.3 Å². The number of nitrogens with zero attached hydrogens (tertiary/aromatic N) is 2. The number of pyridine rings is 1. The van der Waals surface area contributed by atoms with E-state index in [1.165, 1.54) is 11.1 Å². The van der Waals surface area contributed by atoms with Crippen molar-refractivity contribution in [3.05, 3.63) is 120 Å². The summed E-state index contributed by atoms with van der Waals surface area (Å²) in [6, 6.07) is 33.0. The number of rotatable bonds is 7. The second-order valence-corrected chi connectivity index (χ2v) is 7.85. The Bertz CT molecular complexity index is 1310. The van der Waals surface area contributed by atoms with E-state index in [9.17, 15) is 0 Å². The van der Waals surface area contributed by atoms with Crippen LogP contribution in [-0.4, -0.2) is 9.38 Å². The summed E-state index contributed by atoms with van der Waals surface area (Å²) in [5, 5.41) is 3.61. The molecule has 0 fully saturated rings. The molecule has 4 heteroatoms. The topological polar surface area (TPSA) is 38.6 Å². The number of imidazole rings is 1. The maximum atomic E-state index is 6.18. The Balaban J connectivity index is 1.54. The average molecular weight is 420 g/mol. The van der Waals surface area contributed by atoms with E-state index in [1.54, 1.807) is 0 Å².